The van der Waals surface area contributed by atoms with E-state index in [4.69, 9.17) is 0 Å². The van der Waals surface area contributed by atoms with Crippen molar-refractivity contribution in [2.75, 3.05) is 0 Å². The third-order valence-corrected chi connectivity index (χ3v) is 0.406. The summed E-state index contributed by atoms with van der Waals surface area (Å²) >= 11 is 0. The van der Waals surface area contributed by atoms with E-state index < -0.39 is 0 Å². The molecule has 2 nitrogen and oxygen atoms in total. The average Bonchev–Trinajstić information content (AvgIpc) is 1.76. The van der Waals surface area contributed by atoms with Crippen molar-refractivity contribution < 1.29 is 0 Å². The topological polar surface area (TPSA) is 28.7 Å². The van der Waals surface area contributed by atoms with Crippen molar-refractivity contribution in [3.05, 3.63) is 12.4 Å². The van der Waals surface area contributed by atoms with Crippen LogP contribution in [-0.4, -0.2) is 17.0 Å². The quantitative estimate of drug-likeness (QED) is 0.444. The third-order valence-electron chi connectivity index (χ3n) is 0.406. The molecule has 1 aromatic heterocycles. The zero-order valence-corrected chi connectivity index (χ0v) is 2.68. The number of H-pyrrole nitrogens is 1. The van der Waals surface area contributed by atoms with Gasteiger partial charge in [-0.3, -0.25) is 0 Å². The molecule has 1 aromatic rings. The Morgan fingerprint density at radius 1 is 1.80 bits per heavy atom. The molecule has 1 heterocycles. The van der Waals surface area contributed by atoms with E-state index in [1.807, 2.05) is 0 Å². The van der Waals surface area contributed by atoms with E-state index in [1.54, 1.807) is 19.6 Å². The number of nitrogens with zero attached hydrogens (tertiary/aromatic N) is 1. The predicted octanol–water partition coefficient (Wildman–Crippen LogP) is -0.252. The molecule has 0 fully saturated rings. The van der Waals surface area contributed by atoms with Gasteiger partial charge in [0.15, 0.2) is 0 Å². The summed E-state index contributed by atoms with van der Waals surface area (Å²) < 4.78 is 0. The van der Waals surface area contributed by atoms with Crippen LogP contribution in [0.3, 0.4) is 0 Å². The zero-order valence-electron chi connectivity index (χ0n) is 2.68. The van der Waals surface area contributed by atoms with Crippen LogP contribution in [0.4, 0.5) is 0 Å². The SMILES string of the molecule is b1ncc[nH]1. The molecule has 0 amide bonds. The van der Waals surface area contributed by atoms with E-state index in [0.717, 1.165) is 0 Å². The van der Waals surface area contributed by atoms with Crippen LogP contribution < -0.4 is 0 Å². The average molecular weight is 65.9 g/mol. The molecule has 0 radical (unpaired) electrons. The summed E-state index contributed by atoms with van der Waals surface area (Å²) in [5, 5.41) is 0. The number of hydrogen-bond acceptors (Lipinski definition) is 1. The van der Waals surface area contributed by atoms with Crippen molar-refractivity contribution >= 4 is 7.19 Å². The molecule has 0 saturated carbocycles. The number of aromatic nitrogens is 2. The first-order valence-corrected chi connectivity index (χ1v) is 1.43. The summed E-state index contributed by atoms with van der Waals surface area (Å²) in [5.74, 6) is 0. The minimum absolute atomic E-state index is 1.62. The molecule has 3 heteroatoms. The zero-order chi connectivity index (χ0) is 3.54. The Hall–Kier alpha value is -0.595. The molecule has 24 valence electrons. The van der Waals surface area contributed by atoms with Gasteiger partial charge in [-0.25, -0.2) is 0 Å². The van der Waals surface area contributed by atoms with Crippen molar-refractivity contribution in [2.24, 2.45) is 0 Å². The van der Waals surface area contributed by atoms with E-state index in [0.29, 0.717) is 0 Å². The van der Waals surface area contributed by atoms with Gasteiger partial charge in [-0.05, 0) is 0 Å². The first kappa shape index (κ1) is 2.63. The normalized spacial score (nSPS) is 7.20. The number of aromatic amines is 1. The first-order valence-electron chi connectivity index (χ1n) is 1.43. The molecule has 5 heavy (non-hydrogen) atoms. The van der Waals surface area contributed by atoms with Gasteiger partial charge in [-0.2, -0.15) is 0 Å². The van der Waals surface area contributed by atoms with Crippen LogP contribution in [0, 0.1) is 0 Å². The molecule has 0 spiro atoms. The first-order chi connectivity index (χ1) is 2.50. The Bertz CT molecular complexity index is 64.1. The number of rotatable bonds is 0. The van der Waals surface area contributed by atoms with E-state index >= 15 is 0 Å². The Morgan fingerprint density at radius 3 is 3.00 bits per heavy atom. The standard InChI is InChI=1S/C2H3BN2/c1-2-5-3-4-1/h1-2,4H. The molecule has 1 N–H and O–H groups in total. The van der Waals surface area contributed by atoms with Crippen LogP contribution >= 0.6 is 0 Å². The van der Waals surface area contributed by atoms with Gasteiger partial charge in [0.2, 0.25) is 0 Å². The maximum atomic E-state index is 3.67. The number of nitrogens with one attached hydrogen (secondary N) is 1. The molecule has 1 rings (SSSR count). The van der Waals surface area contributed by atoms with Crippen LogP contribution in [0.5, 0.6) is 0 Å². The van der Waals surface area contributed by atoms with Crippen molar-refractivity contribution in [1.29, 1.82) is 0 Å². The summed E-state index contributed by atoms with van der Waals surface area (Å²) in [4.78, 5) is 6.42. The van der Waals surface area contributed by atoms with Crippen LogP contribution in [0.15, 0.2) is 12.4 Å². The van der Waals surface area contributed by atoms with Crippen molar-refractivity contribution in [2.45, 2.75) is 0 Å². The molecular formula is C2H3BN2. The third kappa shape index (κ3) is 0.346. The monoisotopic (exact) mass is 66.0 g/mol. The van der Waals surface area contributed by atoms with Crippen molar-refractivity contribution in [1.82, 2.24) is 9.78 Å². The summed E-state index contributed by atoms with van der Waals surface area (Å²) in [6.45, 7) is 0. The second-order valence-corrected chi connectivity index (χ2v) is 0.761. The van der Waals surface area contributed by atoms with E-state index in [9.17, 15) is 0 Å². The van der Waals surface area contributed by atoms with Crippen molar-refractivity contribution in [3.8, 4) is 0 Å². The van der Waals surface area contributed by atoms with Gasteiger partial charge >= 0.3 is 29.4 Å². The molecule has 0 saturated heterocycles. The van der Waals surface area contributed by atoms with E-state index in [1.165, 1.54) is 0 Å². The van der Waals surface area contributed by atoms with Gasteiger partial charge in [0.25, 0.3) is 0 Å². The molecule has 0 aliphatic carbocycles. The molecule has 0 atom stereocenters. The van der Waals surface area contributed by atoms with Gasteiger partial charge in [0.1, 0.15) is 0 Å². The molecule has 0 aliphatic heterocycles. The molecule has 0 unspecified atom stereocenters. The fraction of sp³-hybridized carbons (Fsp3) is 0. The second-order valence-electron chi connectivity index (χ2n) is 0.761. The molecule has 0 aromatic carbocycles. The Kier molecular flexibility index (Phi) is 0.534. The molecule has 0 bridgehead atoms. The fourth-order valence-electron chi connectivity index (χ4n) is 0.215. The minimum atomic E-state index is 1.62. The van der Waals surface area contributed by atoms with Crippen LogP contribution in [0.1, 0.15) is 0 Å². The fourth-order valence-corrected chi connectivity index (χ4v) is 0.215. The van der Waals surface area contributed by atoms with Gasteiger partial charge in [0, 0.05) is 0 Å². The van der Waals surface area contributed by atoms with Gasteiger partial charge < -0.3 is 0 Å². The predicted molar refractivity (Wildman–Crippen MR) is 19.9 cm³/mol. The second kappa shape index (κ2) is 1.01. The van der Waals surface area contributed by atoms with Crippen LogP contribution in [0.2, 0.25) is 0 Å². The summed E-state index contributed by atoms with van der Waals surface area (Å²) in [6, 6.07) is 0. The van der Waals surface area contributed by atoms with Crippen molar-refractivity contribution in [3.63, 3.8) is 0 Å². The van der Waals surface area contributed by atoms with Gasteiger partial charge in [-0.1, -0.05) is 0 Å². The summed E-state index contributed by atoms with van der Waals surface area (Å²) in [7, 11) is 1.62. The molecular weight excluding hydrogens is 62.8 g/mol. The molecule has 0 aliphatic rings. The van der Waals surface area contributed by atoms with Crippen LogP contribution in [-0.2, 0) is 0 Å². The van der Waals surface area contributed by atoms with Crippen LogP contribution in [0.25, 0.3) is 0 Å². The van der Waals surface area contributed by atoms with E-state index in [2.05, 4.69) is 9.78 Å². The Morgan fingerprint density at radius 2 is 2.80 bits per heavy atom. The summed E-state index contributed by atoms with van der Waals surface area (Å²) in [5.41, 5.74) is 0. The Labute approximate surface area is 30.5 Å². The number of hydrogen-bond donors (Lipinski definition) is 1. The summed E-state index contributed by atoms with van der Waals surface area (Å²) in [6.07, 6.45) is 3.46. The van der Waals surface area contributed by atoms with Gasteiger partial charge in [-0.15, -0.1) is 0 Å². The maximum absolute atomic E-state index is 3.67. The van der Waals surface area contributed by atoms with Gasteiger partial charge in [0.05, 0.1) is 0 Å². The Balaban J connectivity index is 3.13. The van der Waals surface area contributed by atoms with E-state index in [-0.39, 0.29) is 0 Å².